The number of para-hydroxylation sites is 1. The molecule has 0 saturated heterocycles. The molecule has 29 heavy (non-hydrogen) atoms. The fourth-order valence-electron chi connectivity index (χ4n) is 2.11. The van der Waals surface area contributed by atoms with Gasteiger partial charge in [-0.25, -0.2) is 9.98 Å². The molecule has 0 aliphatic heterocycles. The minimum absolute atomic E-state index is 0. The summed E-state index contributed by atoms with van der Waals surface area (Å²) in [5.41, 5.74) is 0.747. The lowest BCUT2D eigenvalue weighted by molar-refractivity contribution is -0.154. The van der Waals surface area contributed by atoms with Gasteiger partial charge in [0.15, 0.2) is 12.6 Å². The number of benzene rings is 1. The van der Waals surface area contributed by atoms with Gasteiger partial charge in [-0.05, 0) is 24.6 Å². The van der Waals surface area contributed by atoms with Crippen molar-refractivity contribution in [3.63, 3.8) is 0 Å². The highest BCUT2D eigenvalue weighted by Gasteiger charge is 2.28. The Bertz CT molecular complexity index is 728. The summed E-state index contributed by atoms with van der Waals surface area (Å²) < 4.78 is 46.6. The Morgan fingerprint density at radius 2 is 1.83 bits per heavy atom. The van der Waals surface area contributed by atoms with Gasteiger partial charge in [0, 0.05) is 18.8 Å². The molecule has 1 heterocycles. The number of aliphatic imine (C=N–C) groups is 1. The maximum Gasteiger partial charge on any atom is 0.422 e. The summed E-state index contributed by atoms with van der Waals surface area (Å²) in [5, 5.41) is 6.27. The Kier molecular flexibility index (Phi) is 11.2. The first-order valence-corrected chi connectivity index (χ1v) is 8.81. The van der Waals surface area contributed by atoms with Crippen molar-refractivity contribution in [3.05, 3.63) is 54.2 Å². The monoisotopic (exact) mass is 524 g/mol. The zero-order chi connectivity index (χ0) is 20.2. The number of nitrogens with one attached hydrogen (secondary N) is 2. The number of rotatable bonds is 9. The van der Waals surface area contributed by atoms with E-state index in [2.05, 4.69) is 25.3 Å². The molecule has 0 atom stereocenters. The van der Waals surface area contributed by atoms with Gasteiger partial charge in [-0.2, -0.15) is 13.2 Å². The van der Waals surface area contributed by atoms with Crippen LogP contribution in [0.4, 0.5) is 13.2 Å². The molecule has 1 aromatic heterocycles. The molecule has 0 saturated carbocycles. The number of hydrogen-bond acceptors (Lipinski definition) is 4. The fraction of sp³-hybridized carbons (Fsp3) is 0.368. The van der Waals surface area contributed by atoms with Crippen LogP contribution in [0.3, 0.4) is 0 Å². The normalized spacial score (nSPS) is 11.4. The Morgan fingerprint density at radius 3 is 2.45 bits per heavy atom. The highest BCUT2D eigenvalue weighted by atomic mass is 127. The molecule has 0 fully saturated rings. The quantitative estimate of drug-likeness (QED) is 0.226. The number of hydrogen-bond donors (Lipinski definition) is 2. The molecule has 2 rings (SSSR count). The third kappa shape index (κ3) is 10.8. The van der Waals surface area contributed by atoms with Gasteiger partial charge in [-0.3, -0.25) is 0 Å². The van der Waals surface area contributed by atoms with Crippen LogP contribution in [0.5, 0.6) is 11.6 Å². The lowest BCUT2D eigenvalue weighted by Gasteiger charge is -2.12. The molecule has 2 N–H and O–H groups in total. The van der Waals surface area contributed by atoms with E-state index < -0.39 is 12.8 Å². The first-order valence-electron chi connectivity index (χ1n) is 8.81. The Balaban J connectivity index is 0.00000420. The summed E-state index contributed by atoms with van der Waals surface area (Å²) >= 11 is 0. The summed E-state index contributed by atoms with van der Waals surface area (Å²) in [4.78, 5) is 8.28. The average Bonchev–Trinajstić information content (AvgIpc) is 2.68. The van der Waals surface area contributed by atoms with Crippen molar-refractivity contribution >= 4 is 29.9 Å². The molecule has 2 aromatic rings. The molecular formula is C19H24F3IN4O2. The molecule has 1 aromatic carbocycles. The highest BCUT2D eigenvalue weighted by molar-refractivity contribution is 14.0. The molecular weight excluding hydrogens is 500 g/mol. The number of pyridine rings is 1. The largest absolute Gasteiger partial charge is 0.492 e. The van der Waals surface area contributed by atoms with E-state index in [1.54, 1.807) is 6.07 Å². The van der Waals surface area contributed by atoms with Gasteiger partial charge >= 0.3 is 6.18 Å². The van der Waals surface area contributed by atoms with Crippen LogP contribution >= 0.6 is 24.0 Å². The van der Waals surface area contributed by atoms with Crippen LogP contribution in [-0.2, 0) is 6.54 Å². The van der Waals surface area contributed by atoms with Crippen LogP contribution in [0.2, 0.25) is 0 Å². The van der Waals surface area contributed by atoms with Crippen molar-refractivity contribution < 1.29 is 22.6 Å². The van der Waals surface area contributed by atoms with Gasteiger partial charge in [0.25, 0.3) is 0 Å². The minimum Gasteiger partial charge on any atom is -0.492 e. The Morgan fingerprint density at radius 1 is 1.07 bits per heavy atom. The van der Waals surface area contributed by atoms with E-state index in [0.717, 1.165) is 11.3 Å². The summed E-state index contributed by atoms with van der Waals surface area (Å²) in [6.45, 7) is 2.63. The highest BCUT2D eigenvalue weighted by Crippen LogP contribution is 2.17. The summed E-state index contributed by atoms with van der Waals surface area (Å²) in [6, 6.07) is 12.5. The van der Waals surface area contributed by atoms with Crippen LogP contribution in [0, 0.1) is 0 Å². The molecule has 0 amide bonds. The van der Waals surface area contributed by atoms with Gasteiger partial charge in [0.2, 0.25) is 5.88 Å². The number of nitrogens with zero attached hydrogens (tertiary/aromatic N) is 2. The first-order chi connectivity index (χ1) is 13.5. The van der Waals surface area contributed by atoms with Gasteiger partial charge in [-0.15, -0.1) is 24.0 Å². The van der Waals surface area contributed by atoms with Crippen LogP contribution in [0.1, 0.15) is 12.5 Å². The maximum absolute atomic E-state index is 12.1. The van der Waals surface area contributed by atoms with Gasteiger partial charge in [0.1, 0.15) is 12.4 Å². The summed E-state index contributed by atoms with van der Waals surface area (Å²) in [5.74, 6) is 1.33. The molecule has 0 radical (unpaired) electrons. The van der Waals surface area contributed by atoms with Crippen LogP contribution < -0.4 is 20.1 Å². The molecule has 0 aliphatic rings. The van der Waals surface area contributed by atoms with Crippen molar-refractivity contribution in [3.8, 4) is 11.6 Å². The van der Waals surface area contributed by atoms with E-state index in [-0.39, 0.29) is 29.9 Å². The molecule has 0 spiro atoms. The molecule has 0 unspecified atom stereocenters. The lowest BCUT2D eigenvalue weighted by atomic mass is 10.3. The second-order valence-corrected chi connectivity index (χ2v) is 5.69. The van der Waals surface area contributed by atoms with Gasteiger partial charge in [-0.1, -0.05) is 24.3 Å². The SMILES string of the molecule is CCNC(=NCc1ccc(OCC(F)(F)F)nc1)NCCOc1ccccc1.I. The van der Waals surface area contributed by atoms with Crippen molar-refractivity contribution in [2.75, 3.05) is 26.3 Å². The van der Waals surface area contributed by atoms with Gasteiger partial charge in [0.05, 0.1) is 13.1 Å². The Hall–Kier alpha value is -2.24. The summed E-state index contributed by atoms with van der Waals surface area (Å²) in [7, 11) is 0. The predicted octanol–water partition coefficient (Wildman–Crippen LogP) is 3.77. The van der Waals surface area contributed by atoms with E-state index in [1.807, 2.05) is 37.3 Å². The van der Waals surface area contributed by atoms with Crippen LogP contribution in [0.25, 0.3) is 0 Å². The van der Waals surface area contributed by atoms with E-state index in [0.29, 0.717) is 32.2 Å². The standard InChI is InChI=1S/C19H23F3N4O2.HI/c1-2-23-18(24-10-11-27-16-6-4-3-5-7-16)26-13-15-8-9-17(25-12-15)28-14-19(20,21)22;/h3-9,12H,2,10-11,13-14H2,1H3,(H2,23,24,26);1H. The number of ether oxygens (including phenoxy) is 2. The van der Waals surface area contributed by atoms with E-state index in [9.17, 15) is 13.2 Å². The lowest BCUT2D eigenvalue weighted by Crippen LogP contribution is -2.39. The maximum atomic E-state index is 12.1. The van der Waals surface area contributed by atoms with E-state index in [4.69, 9.17) is 4.74 Å². The second-order valence-electron chi connectivity index (χ2n) is 5.69. The number of aromatic nitrogens is 1. The Labute approximate surface area is 184 Å². The minimum atomic E-state index is -4.39. The third-order valence-electron chi connectivity index (χ3n) is 3.35. The molecule has 0 bridgehead atoms. The zero-order valence-electron chi connectivity index (χ0n) is 15.9. The molecule has 10 heteroatoms. The number of alkyl halides is 3. The predicted molar refractivity (Wildman–Crippen MR) is 116 cm³/mol. The molecule has 6 nitrogen and oxygen atoms in total. The summed E-state index contributed by atoms with van der Waals surface area (Å²) in [6.07, 6.45) is -2.95. The fourth-order valence-corrected chi connectivity index (χ4v) is 2.11. The zero-order valence-corrected chi connectivity index (χ0v) is 18.2. The van der Waals surface area contributed by atoms with Crippen molar-refractivity contribution in [1.29, 1.82) is 0 Å². The first kappa shape index (κ1) is 24.8. The van der Waals surface area contributed by atoms with E-state index >= 15 is 0 Å². The van der Waals surface area contributed by atoms with Crippen LogP contribution in [0.15, 0.2) is 53.7 Å². The smallest absolute Gasteiger partial charge is 0.422 e. The molecule has 160 valence electrons. The third-order valence-corrected chi connectivity index (χ3v) is 3.35. The van der Waals surface area contributed by atoms with E-state index in [1.165, 1.54) is 12.3 Å². The average molecular weight is 524 g/mol. The number of halogens is 4. The van der Waals surface area contributed by atoms with Crippen molar-refractivity contribution in [1.82, 2.24) is 15.6 Å². The topological polar surface area (TPSA) is 67.8 Å². The molecule has 0 aliphatic carbocycles. The van der Waals surface area contributed by atoms with Crippen molar-refractivity contribution in [2.45, 2.75) is 19.6 Å². The second kappa shape index (κ2) is 13.1. The van der Waals surface area contributed by atoms with Crippen molar-refractivity contribution in [2.24, 2.45) is 4.99 Å². The number of guanidine groups is 1. The van der Waals surface area contributed by atoms with Gasteiger partial charge < -0.3 is 20.1 Å². The van der Waals surface area contributed by atoms with Crippen LogP contribution in [-0.4, -0.2) is 43.4 Å².